The molecule has 158 valence electrons. The van der Waals surface area contributed by atoms with Crippen molar-refractivity contribution in [2.24, 2.45) is 0 Å². The van der Waals surface area contributed by atoms with Gasteiger partial charge in [0.25, 0.3) is 0 Å². The molecule has 0 bridgehead atoms. The molecule has 0 aliphatic carbocycles. The quantitative estimate of drug-likeness (QED) is 0.317. The number of halogens is 1. The van der Waals surface area contributed by atoms with E-state index in [9.17, 15) is 4.79 Å². The van der Waals surface area contributed by atoms with Gasteiger partial charge in [-0.1, -0.05) is 52.8 Å². The van der Waals surface area contributed by atoms with Gasteiger partial charge in [0.05, 0.1) is 24.6 Å². The van der Waals surface area contributed by atoms with Gasteiger partial charge in [-0.3, -0.25) is 4.79 Å². The van der Waals surface area contributed by atoms with Crippen molar-refractivity contribution in [2.45, 2.75) is 18.5 Å². The monoisotopic (exact) mass is 454 g/mol. The summed E-state index contributed by atoms with van der Waals surface area (Å²) in [6.07, 6.45) is 1.45. The fourth-order valence-corrected chi connectivity index (χ4v) is 3.77. The highest BCUT2D eigenvalue weighted by molar-refractivity contribution is 8.00. The average molecular weight is 455 g/mol. The molecule has 2 aromatic heterocycles. The predicted molar refractivity (Wildman–Crippen MR) is 121 cm³/mol. The second-order valence-corrected chi connectivity index (χ2v) is 7.89. The largest absolute Gasteiger partial charge is 0.492 e. The van der Waals surface area contributed by atoms with Crippen LogP contribution in [0.2, 0.25) is 5.02 Å². The van der Waals surface area contributed by atoms with Crippen LogP contribution in [0.5, 0.6) is 5.75 Å². The number of amides is 1. The van der Waals surface area contributed by atoms with Crippen LogP contribution in [0.1, 0.15) is 12.5 Å². The van der Waals surface area contributed by atoms with Gasteiger partial charge in [-0.05, 0) is 36.8 Å². The molecule has 0 saturated heterocycles. The molecule has 0 spiro atoms. The molecule has 10 heteroatoms. The fourth-order valence-electron chi connectivity index (χ4n) is 2.92. The van der Waals surface area contributed by atoms with Crippen LogP contribution in [0.3, 0.4) is 0 Å². The number of ether oxygens (including phenoxy) is 1. The van der Waals surface area contributed by atoms with E-state index in [0.29, 0.717) is 45.8 Å². The van der Waals surface area contributed by atoms with Crippen molar-refractivity contribution in [3.8, 4) is 5.75 Å². The third-order valence-electron chi connectivity index (χ3n) is 4.31. The van der Waals surface area contributed by atoms with E-state index in [1.807, 2.05) is 49.4 Å². The number of nitrogens with one attached hydrogen (secondary N) is 1. The van der Waals surface area contributed by atoms with Crippen LogP contribution < -0.4 is 10.1 Å². The van der Waals surface area contributed by atoms with E-state index in [1.54, 1.807) is 10.7 Å². The molecule has 0 radical (unpaired) electrons. The predicted octanol–water partition coefficient (Wildman–Crippen LogP) is 4.05. The molecular formula is C21H19ClN6O2S. The Morgan fingerprint density at radius 1 is 1.16 bits per heavy atom. The molecule has 0 saturated carbocycles. The van der Waals surface area contributed by atoms with Gasteiger partial charge in [-0.2, -0.15) is 0 Å². The smallest absolute Gasteiger partial charge is 0.234 e. The van der Waals surface area contributed by atoms with Gasteiger partial charge in [-0.15, -0.1) is 5.10 Å². The summed E-state index contributed by atoms with van der Waals surface area (Å²) in [6, 6.07) is 14.8. The third kappa shape index (κ3) is 5.12. The first-order valence-corrected chi connectivity index (χ1v) is 10.9. The highest BCUT2D eigenvalue weighted by Crippen LogP contribution is 2.26. The Bertz CT molecular complexity index is 1200. The topological polar surface area (TPSA) is 94.8 Å². The number of thioether (sulfide) groups is 1. The number of hydrogen-bond donors (Lipinski definition) is 1. The summed E-state index contributed by atoms with van der Waals surface area (Å²) >= 11 is 7.23. The lowest BCUT2D eigenvalue weighted by Crippen LogP contribution is -2.15. The van der Waals surface area contributed by atoms with Gasteiger partial charge in [-0.25, -0.2) is 14.6 Å². The number of para-hydroxylation sites is 2. The number of anilines is 1. The maximum absolute atomic E-state index is 12.5. The van der Waals surface area contributed by atoms with Gasteiger partial charge in [0.15, 0.2) is 11.2 Å². The minimum Gasteiger partial charge on any atom is -0.492 e. The van der Waals surface area contributed by atoms with Crippen molar-refractivity contribution in [3.63, 3.8) is 0 Å². The van der Waals surface area contributed by atoms with E-state index >= 15 is 0 Å². The lowest BCUT2D eigenvalue weighted by Gasteiger charge is -2.11. The summed E-state index contributed by atoms with van der Waals surface area (Å²) in [4.78, 5) is 21.1. The van der Waals surface area contributed by atoms with E-state index in [-0.39, 0.29) is 11.7 Å². The Kier molecular flexibility index (Phi) is 6.63. The van der Waals surface area contributed by atoms with Crippen molar-refractivity contribution < 1.29 is 9.53 Å². The van der Waals surface area contributed by atoms with Crippen LogP contribution in [0.25, 0.3) is 11.2 Å². The van der Waals surface area contributed by atoms with Gasteiger partial charge in [0.1, 0.15) is 17.1 Å². The molecule has 1 N–H and O–H groups in total. The van der Waals surface area contributed by atoms with E-state index in [4.69, 9.17) is 16.3 Å². The maximum Gasteiger partial charge on any atom is 0.234 e. The number of rotatable bonds is 8. The molecule has 0 atom stereocenters. The summed E-state index contributed by atoms with van der Waals surface area (Å²) in [5, 5.41) is 12.6. The van der Waals surface area contributed by atoms with Crippen molar-refractivity contribution >= 4 is 46.1 Å². The Balaban J connectivity index is 1.45. The lowest BCUT2D eigenvalue weighted by atomic mass is 10.2. The van der Waals surface area contributed by atoms with E-state index < -0.39 is 0 Å². The van der Waals surface area contributed by atoms with E-state index in [1.165, 1.54) is 18.1 Å². The Labute approximate surface area is 188 Å². The van der Waals surface area contributed by atoms with E-state index in [0.717, 1.165) is 5.56 Å². The minimum absolute atomic E-state index is 0.163. The van der Waals surface area contributed by atoms with Crippen molar-refractivity contribution in [3.05, 3.63) is 65.4 Å². The van der Waals surface area contributed by atoms with Crippen LogP contribution >= 0.6 is 23.4 Å². The Morgan fingerprint density at radius 3 is 2.77 bits per heavy atom. The van der Waals surface area contributed by atoms with Crippen molar-refractivity contribution in [2.75, 3.05) is 17.7 Å². The molecule has 2 heterocycles. The highest BCUT2D eigenvalue weighted by atomic mass is 35.5. The van der Waals surface area contributed by atoms with Crippen molar-refractivity contribution in [1.82, 2.24) is 25.0 Å². The number of fused-ring (bicyclic) bond motifs is 1. The molecule has 0 fully saturated rings. The fraction of sp³-hybridized carbons (Fsp3) is 0.190. The molecule has 0 unspecified atom stereocenters. The molecular weight excluding hydrogens is 436 g/mol. The summed E-state index contributed by atoms with van der Waals surface area (Å²) in [7, 11) is 0. The molecule has 4 rings (SSSR count). The molecule has 0 aliphatic rings. The molecule has 8 nitrogen and oxygen atoms in total. The maximum atomic E-state index is 12.5. The highest BCUT2D eigenvalue weighted by Gasteiger charge is 2.15. The first-order chi connectivity index (χ1) is 15.1. The third-order valence-corrected chi connectivity index (χ3v) is 5.54. The number of aromatic nitrogens is 5. The molecule has 31 heavy (non-hydrogen) atoms. The number of hydrogen-bond acceptors (Lipinski definition) is 7. The summed E-state index contributed by atoms with van der Waals surface area (Å²) < 4.78 is 7.24. The summed E-state index contributed by atoms with van der Waals surface area (Å²) in [6.45, 7) is 2.92. The van der Waals surface area contributed by atoms with Gasteiger partial charge in [0, 0.05) is 5.02 Å². The van der Waals surface area contributed by atoms with Gasteiger partial charge in [0.2, 0.25) is 5.91 Å². The second kappa shape index (κ2) is 9.76. The number of carbonyl (C=O) groups is 1. The first kappa shape index (κ1) is 21.1. The second-order valence-electron chi connectivity index (χ2n) is 6.49. The van der Waals surface area contributed by atoms with Crippen LogP contribution in [0, 0.1) is 0 Å². The van der Waals surface area contributed by atoms with Crippen molar-refractivity contribution in [1.29, 1.82) is 0 Å². The molecule has 4 aromatic rings. The Hall–Kier alpha value is -3.17. The summed E-state index contributed by atoms with van der Waals surface area (Å²) in [5.41, 5.74) is 2.83. The SMILES string of the molecule is CCOc1ccccc1NC(=O)CSc1ncnc2c1nnn2Cc1ccc(Cl)cc1. The minimum atomic E-state index is -0.169. The number of carbonyl (C=O) groups excluding carboxylic acids is 1. The van der Waals surface area contributed by atoms with Crippen LogP contribution in [0.15, 0.2) is 59.9 Å². The zero-order valence-electron chi connectivity index (χ0n) is 16.7. The zero-order chi connectivity index (χ0) is 21.6. The van der Waals surface area contributed by atoms with Crippen LogP contribution in [-0.2, 0) is 11.3 Å². The van der Waals surface area contributed by atoms with E-state index in [2.05, 4.69) is 25.6 Å². The van der Waals surface area contributed by atoms with Crippen LogP contribution in [-0.4, -0.2) is 43.2 Å². The first-order valence-electron chi connectivity index (χ1n) is 9.57. The number of nitrogens with zero attached hydrogens (tertiary/aromatic N) is 5. The molecule has 2 aromatic carbocycles. The zero-order valence-corrected chi connectivity index (χ0v) is 18.2. The van der Waals surface area contributed by atoms with Gasteiger partial charge < -0.3 is 10.1 Å². The molecule has 1 amide bonds. The van der Waals surface area contributed by atoms with Gasteiger partial charge >= 0.3 is 0 Å². The average Bonchev–Trinajstić information content (AvgIpc) is 3.19. The van der Waals surface area contributed by atoms with Crippen LogP contribution in [0.4, 0.5) is 5.69 Å². The normalized spacial score (nSPS) is 10.9. The Morgan fingerprint density at radius 2 is 1.97 bits per heavy atom. The standard InChI is InChI=1S/C21H19ClN6O2S/c1-2-30-17-6-4-3-5-16(17)25-18(29)12-31-21-19-20(23-13-24-21)28(27-26-19)11-14-7-9-15(22)10-8-14/h3-10,13H,2,11-12H2,1H3,(H,25,29). The summed E-state index contributed by atoms with van der Waals surface area (Å²) in [5.74, 6) is 0.631. The molecule has 0 aliphatic heterocycles. The lowest BCUT2D eigenvalue weighted by molar-refractivity contribution is -0.113. The number of benzene rings is 2.